The van der Waals surface area contributed by atoms with Gasteiger partial charge in [-0.3, -0.25) is 4.98 Å². The summed E-state index contributed by atoms with van der Waals surface area (Å²) in [5.41, 5.74) is 2.02. The summed E-state index contributed by atoms with van der Waals surface area (Å²) in [6, 6.07) is 4.19. The van der Waals surface area contributed by atoms with E-state index in [1.807, 2.05) is 12.3 Å². The lowest BCUT2D eigenvalue weighted by Crippen LogP contribution is -2.41. The Bertz CT molecular complexity index is 456. The number of hydrogen-bond donors (Lipinski definition) is 1. The summed E-state index contributed by atoms with van der Waals surface area (Å²) in [7, 11) is 0. The third-order valence-corrected chi connectivity index (χ3v) is 5.35. The molecular formula is C17H25NO. The van der Waals surface area contributed by atoms with Crippen molar-refractivity contribution in [2.45, 2.75) is 63.9 Å². The second-order valence-corrected chi connectivity index (χ2v) is 6.84. The third-order valence-electron chi connectivity index (χ3n) is 5.35. The highest BCUT2D eigenvalue weighted by Crippen LogP contribution is 2.48. The van der Waals surface area contributed by atoms with Gasteiger partial charge in [0.05, 0.1) is 5.60 Å². The van der Waals surface area contributed by atoms with Gasteiger partial charge in [0.15, 0.2) is 0 Å². The minimum atomic E-state index is -0.507. The van der Waals surface area contributed by atoms with E-state index < -0.39 is 5.60 Å². The Balaban J connectivity index is 1.85. The van der Waals surface area contributed by atoms with E-state index in [2.05, 4.69) is 24.9 Å². The van der Waals surface area contributed by atoms with E-state index in [9.17, 15) is 5.11 Å². The molecule has 1 saturated carbocycles. The maximum absolute atomic E-state index is 11.2. The monoisotopic (exact) mass is 259 g/mol. The molecule has 1 aromatic heterocycles. The molecule has 104 valence electrons. The molecule has 19 heavy (non-hydrogen) atoms. The summed E-state index contributed by atoms with van der Waals surface area (Å²) in [5, 5.41) is 11.2. The Morgan fingerprint density at radius 1 is 1.37 bits per heavy atom. The Morgan fingerprint density at radius 3 is 3.00 bits per heavy atom. The first-order valence-corrected chi connectivity index (χ1v) is 7.76. The molecule has 2 nitrogen and oxygen atoms in total. The molecule has 0 aromatic carbocycles. The van der Waals surface area contributed by atoms with Gasteiger partial charge in [0, 0.05) is 17.8 Å². The Kier molecular flexibility index (Phi) is 3.38. The van der Waals surface area contributed by atoms with Crippen LogP contribution in [-0.4, -0.2) is 15.7 Å². The highest BCUT2D eigenvalue weighted by atomic mass is 16.3. The molecular weight excluding hydrogens is 234 g/mol. The van der Waals surface area contributed by atoms with Gasteiger partial charge in [0.25, 0.3) is 0 Å². The van der Waals surface area contributed by atoms with E-state index >= 15 is 0 Å². The van der Waals surface area contributed by atoms with Gasteiger partial charge in [-0.2, -0.15) is 0 Å². The lowest BCUT2D eigenvalue weighted by atomic mass is 9.68. The number of aromatic nitrogens is 1. The van der Waals surface area contributed by atoms with E-state index in [4.69, 9.17) is 0 Å². The van der Waals surface area contributed by atoms with Gasteiger partial charge in [-0.1, -0.05) is 26.3 Å². The molecule has 1 heterocycles. The molecule has 3 atom stereocenters. The number of aryl methyl sites for hydroxylation is 1. The molecule has 1 fully saturated rings. The average molecular weight is 259 g/mol. The predicted molar refractivity (Wildman–Crippen MR) is 77.0 cm³/mol. The molecule has 0 aliphatic heterocycles. The van der Waals surface area contributed by atoms with E-state index in [1.54, 1.807) is 0 Å². The van der Waals surface area contributed by atoms with Crippen LogP contribution in [0.5, 0.6) is 0 Å². The van der Waals surface area contributed by atoms with E-state index in [-0.39, 0.29) is 5.92 Å². The summed E-state index contributed by atoms with van der Waals surface area (Å²) < 4.78 is 0. The molecule has 3 rings (SSSR count). The van der Waals surface area contributed by atoms with Gasteiger partial charge in [-0.25, -0.2) is 0 Å². The molecule has 0 radical (unpaired) electrons. The highest BCUT2D eigenvalue weighted by Gasteiger charge is 2.45. The standard InChI is InChI=1S/C17H25NO/c1-12(2)14-5-3-9-17(19,11-14)15-8-7-13-6-4-10-18-16(13)15/h4,6,10,12,14-15,19H,3,5,7-9,11H2,1-2H3. The van der Waals surface area contributed by atoms with Crippen molar-refractivity contribution in [1.82, 2.24) is 4.98 Å². The normalized spacial score (nSPS) is 34.5. The van der Waals surface area contributed by atoms with Crippen LogP contribution in [0.4, 0.5) is 0 Å². The highest BCUT2D eigenvalue weighted by molar-refractivity contribution is 5.31. The molecule has 0 amide bonds. The van der Waals surface area contributed by atoms with Crippen molar-refractivity contribution in [3.8, 4) is 0 Å². The lowest BCUT2D eigenvalue weighted by molar-refractivity contribution is -0.0474. The maximum atomic E-state index is 11.2. The number of hydrogen-bond acceptors (Lipinski definition) is 2. The van der Waals surface area contributed by atoms with Crippen LogP contribution in [0, 0.1) is 11.8 Å². The van der Waals surface area contributed by atoms with Crippen LogP contribution in [0.25, 0.3) is 0 Å². The zero-order valence-electron chi connectivity index (χ0n) is 12.1. The van der Waals surface area contributed by atoms with Crippen molar-refractivity contribution < 1.29 is 5.11 Å². The molecule has 1 N–H and O–H groups in total. The topological polar surface area (TPSA) is 33.1 Å². The molecule has 2 heteroatoms. The molecule has 0 spiro atoms. The lowest BCUT2D eigenvalue weighted by Gasteiger charge is -2.42. The molecule has 1 aromatic rings. The first-order chi connectivity index (χ1) is 9.10. The van der Waals surface area contributed by atoms with Gasteiger partial charge < -0.3 is 5.11 Å². The summed E-state index contributed by atoms with van der Waals surface area (Å²) >= 11 is 0. The van der Waals surface area contributed by atoms with E-state index in [0.717, 1.165) is 32.1 Å². The number of fused-ring (bicyclic) bond motifs is 1. The van der Waals surface area contributed by atoms with Crippen LogP contribution < -0.4 is 0 Å². The fourth-order valence-electron chi connectivity index (χ4n) is 4.15. The molecule has 3 unspecified atom stereocenters. The van der Waals surface area contributed by atoms with Crippen molar-refractivity contribution in [1.29, 1.82) is 0 Å². The molecule has 0 saturated heterocycles. The van der Waals surface area contributed by atoms with Crippen molar-refractivity contribution in [3.05, 3.63) is 29.6 Å². The first kappa shape index (κ1) is 13.1. The summed E-state index contributed by atoms with van der Waals surface area (Å²) in [6.45, 7) is 4.58. The summed E-state index contributed by atoms with van der Waals surface area (Å²) in [5.74, 6) is 1.62. The predicted octanol–water partition coefficient (Wildman–Crippen LogP) is 3.69. The SMILES string of the molecule is CC(C)C1CCCC(O)(C2CCc3cccnc32)C1. The molecule has 2 aliphatic carbocycles. The Hall–Kier alpha value is -0.890. The van der Waals surface area contributed by atoms with E-state index in [1.165, 1.54) is 17.7 Å². The second kappa shape index (κ2) is 4.90. The van der Waals surface area contributed by atoms with Crippen molar-refractivity contribution in [3.63, 3.8) is 0 Å². The van der Waals surface area contributed by atoms with Crippen LogP contribution in [0.3, 0.4) is 0 Å². The minimum absolute atomic E-state index is 0.269. The van der Waals surface area contributed by atoms with Gasteiger partial charge in [0.1, 0.15) is 0 Å². The van der Waals surface area contributed by atoms with Crippen molar-refractivity contribution in [2.75, 3.05) is 0 Å². The smallest absolute Gasteiger partial charge is 0.0734 e. The number of pyridine rings is 1. The number of rotatable bonds is 2. The second-order valence-electron chi connectivity index (χ2n) is 6.84. The minimum Gasteiger partial charge on any atom is -0.389 e. The van der Waals surface area contributed by atoms with Crippen molar-refractivity contribution in [2.24, 2.45) is 11.8 Å². The summed E-state index contributed by atoms with van der Waals surface area (Å²) in [4.78, 5) is 4.57. The van der Waals surface area contributed by atoms with Crippen molar-refractivity contribution >= 4 is 0 Å². The Labute approximate surface area is 116 Å². The number of nitrogens with zero attached hydrogens (tertiary/aromatic N) is 1. The van der Waals surface area contributed by atoms with E-state index in [0.29, 0.717) is 11.8 Å². The molecule has 0 bridgehead atoms. The van der Waals surface area contributed by atoms with Gasteiger partial charge >= 0.3 is 0 Å². The maximum Gasteiger partial charge on any atom is 0.0734 e. The Morgan fingerprint density at radius 2 is 2.21 bits per heavy atom. The zero-order chi connectivity index (χ0) is 13.5. The average Bonchev–Trinajstić information content (AvgIpc) is 2.83. The molecule has 2 aliphatic rings. The van der Waals surface area contributed by atoms with Gasteiger partial charge in [-0.15, -0.1) is 0 Å². The van der Waals surface area contributed by atoms with Crippen LogP contribution in [-0.2, 0) is 6.42 Å². The summed E-state index contributed by atoms with van der Waals surface area (Å²) in [6.07, 6.45) is 8.40. The zero-order valence-corrected chi connectivity index (χ0v) is 12.1. The number of aliphatic hydroxyl groups is 1. The first-order valence-electron chi connectivity index (χ1n) is 7.76. The fourth-order valence-corrected chi connectivity index (χ4v) is 4.15. The largest absolute Gasteiger partial charge is 0.389 e. The van der Waals surface area contributed by atoms with Gasteiger partial charge in [0.2, 0.25) is 0 Å². The van der Waals surface area contributed by atoms with Gasteiger partial charge in [-0.05, 0) is 55.6 Å². The fraction of sp³-hybridized carbons (Fsp3) is 0.706. The van der Waals surface area contributed by atoms with Crippen LogP contribution in [0.1, 0.15) is 63.1 Å². The third kappa shape index (κ3) is 2.31. The van der Waals surface area contributed by atoms with Crippen LogP contribution in [0.2, 0.25) is 0 Å². The van der Waals surface area contributed by atoms with Crippen LogP contribution >= 0.6 is 0 Å². The van der Waals surface area contributed by atoms with Crippen LogP contribution in [0.15, 0.2) is 18.3 Å². The quantitative estimate of drug-likeness (QED) is 0.878.